The van der Waals surface area contributed by atoms with Gasteiger partial charge in [0.2, 0.25) is 21.8 Å². The molecule has 3 aliphatic heterocycles. The van der Waals surface area contributed by atoms with Crippen LogP contribution < -0.4 is 20.1 Å². The molecule has 2 saturated carbocycles. The third-order valence-corrected chi connectivity index (χ3v) is 12.6. The fourth-order valence-electron chi connectivity index (χ4n) is 7.86. The summed E-state index contributed by atoms with van der Waals surface area (Å²) < 4.78 is 34.6. The van der Waals surface area contributed by atoms with E-state index in [9.17, 15) is 32.7 Å². The summed E-state index contributed by atoms with van der Waals surface area (Å²) in [6, 6.07) is 3.89. The van der Waals surface area contributed by atoms with Crippen molar-refractivity contribution in [1.82, 2.24) is 25.2 Å². The van der Waals surface area contributed by atoms with Crippen LogP contribution >= 0.6 is 0 Å². The fourth-order valence-corrected chi connectivity index (χ4v) is 9.22. The highest BCUT2D eigenvalue weighted by Gasteiger charge is 2.63. The molecule has 4 N–H and O–H groups in total. The van der Waals surface area contributed by atoms with Crippen molar-refractivity contribution >= 4 is 44.7 Å². The van der Waals surface area contributed by atoms with Crippen molar-refractivity contribution in [3.05, 3.63) is 47.2 Å². The zero-order chi connectivity index (χ0) is 34.7. The molecule has 1 spiro atoms. The number of nitrogens with one attached hydrogen (secondary N) is 3. The van der Waals surface area contributed by atoms with Gasteiger partial charge in [0.25, 0.3) is 5.91 Å². The molecule has 2 aromatic rings. The van der Waals surface area contributed by atoms with Crippen molar-refractivity contribution in [2.24, 2.45) is 5.92 Å². The van der Waals surface area contributed by atoms with Crippen molar-refractivity contribution in [3.63, 3.8) is 0 Å². The van der Waals surface area contributed by atoms with E-state index >= 15 is 0 Å². The Bertz CT molecular complexity index is 1880. The van der Waals surface area contributed by atoms with Crippen molar-refractivity contribution in [1.29, 1.82) is 0 Å². The highest BCUT2D eigenvalue weighted by molar-refractivity contribution is 7.91. The van der Waals surface area contributed by atoms with Gasteiger partial charge in [0.1, 0.15) is 29.0 Å². The number of nitrogens with zero attached hydrogens (tertiary/aromatic N) is 2. The first-order valence-corrected chi connectivity index (χ1v) is 18.8. The molecule has 1 aromatic carbocycles. The van der Waals surface area contributed by atoms with Crippen molar-refractivity contribution in [2.45, 2.75) is 113 Å². The summed E-state index contributed by atoms with van der Waals surface area (Å²) in [7, 11) is -3.88. The molecule has 5 atom stereocenters. The average molecular weight is 694 g/mol. The number of allylic oxidation sites excluding steroid dienone is 1. The Kier molecular flexibility index (Phi) is 8.35. The van der Waals surface area contributed by atoms with Gasteiger partial charge in [0, 0.05) is 23.3 Å². The molecule has 49 heavy (non-hydrogen) atoms. The van der Waals surface area contributed by atoms with Crippen LogP contribution in [0.3, 0.4) is 0 Å². The molecule has 1 aromatic heterocycles. The first-order chi connectivity index (χ1) is 23.3. The number of hydrogen-bond donors (Lipinski definition) is 4. The Balaban J connectivity index is 1.23. The molecular formula is C35H43N5O8S. The summed E-state index contributed by atoms with van der Waals surface area (Å²) in [6.45, 7) is 3.92. The molecule has 262 valence electrons. The van der Waals surface area contributed by atoms with Crippen molar-refractivity contribution < 1.29 is 37.4 Å². The lowest BCUT2D eigenvalue weighted by Gasteiger charge is -2.36. The summed E-state index contributed by atoms with van der Waals surface area (Å²) in [5, 5.41) is 15.3. The molecule has 3 fully saturated rings. The van der Waals surface area contributed by atoms with E-state index in [0.29, 0.717) is 50.0 Å². The number of aryl methyl sites for hydroxylation is 3. The SMILES string of the molecule is Cc1ccc2nc(C)c3c(c2c1)CC[C@]1(C[C@H]2C(=O)N[C@]4(C(=O)NS(=O)(=O)C5CC5)C[C@H]4/C=C\CCCCC[C@H](NC(=O)O)C(=O)N2C1)O3. The zero-order valence-electron chi connectivity index (χ0n) is 27.8. The lowest BCUT2D eigenvalue weighted by Crippen LogP contribution is -2.58. The summed E-state index contributed by atoms with van der Waals surface area (Å²) in [5.41, 5.74) is 1.19. The van der Waals surface area contributed by atoms with Crippen LogP contribution in [0.4, 0.5) is 4.79 Å². The molecular weight excluding hydrogens is 650 g/mol. The number of hydrogen-bond acceptors (Lipinski definition) is 8. The highest BCUT2D eigenvalue weighted by atomic mass is 32.2. The zero-order valence-corrected chi connectivity index (χ0v) is 28.6. The van der Waals surface area contributed by atoms with Gasteiger partial charge in [-0.05, 0) is 77.3 Å². The molecule has 1 saturated heterocycles. The number of rotatable bonds is 4. The van der Waals surface area contributed by atoms with Gasteiger partial charge in [0.05, 0.1) is 23.0 Å². The molecule has 4 heterocycles. The molecule has 14 heteroatoms. The fraction of sp³-hybridized carbons (Fsp3) is 0.571. The molecule has 13 nitrogen and oxygen atoms in total. The predicted octanol–water partition coefficient (Wildman–Crippen LogP) is 3.16. The quantitative estimate of drug-likeness (QED) is 0.350. The minimum atomic E-state index is -3.88. The number of benzene rings is 1. The molecule has 7 rings (SSSR count). The van der Waals surface area contributed by atoms with E-state index in [2.05, 4.69) is 21.4 Å². The Hall–Kier alpha value is -4.20. The second kappa shape index (κ2) is 12.3. The van der Waals surface area contributed by atoms with E-state index in [1.807, 2.05) is 38.1 Å². The van der Waals surface area contributed by atoms with Gasteiger partial charge in [-0.15, -0.1) is 0 Å². The minimum absolute atomic E-state index is 0.0328. The molecule has 0 bridgehead atoms. The van der Waals surface area contributed by atoms with Gasteiger partial charge >= 0.3 is 6.09 Å². The van der Waals surface area contributed by atoms with Crippen molar-refractivity contribution in [3.8, 4) is 5.75 Å². The van der Waals surface area contributed by atoms with Crippen LogP contribution in [0.5, 0.6) is 5.75 Å². The van der Waals surface area contributed by atoms with E-state index < -0.39 is 68.2 Å². The van der Waals surface area contributed by atoms with Crippen LogP contribution in [0.25, 0.3) is 10.9 Å². The van der Waals surface area contributed by atoms with E-state index in [1.54, 1.807) is 0 Å². The van der Waals surface area contributed by atoms with Crippen LogP contribution in [-0.4, -0.2) is 82.2 Å². The second-order valence-corrected chi connectivity index (χ2v) is 16.5. The third kappa shape index (κ3) is 6.35. The van der Waals surface area contributed by atoms with Gasteiger partial charge < -0.3 is 25.4 Å². The maximum absolute atomic E-state index is 14.4. The molecule has 0 radical (unpaired) electrons. The van der Waals surface area contributed by atoms with Crippen LogP contribution in [-0.2, 0) is 30.8 Å². The van der Waals surface area contributed by atoms with E-state index in [-0.39, 0.29) is 25.8 Å². The number of pyridine rings is 1. The normalized spacial score (nSPS) is 30.9. The number of carbonyl (C=O) groups excluding carboxylic acids is 3. The number of carbonyl (C=O) groups is 4. The number of amides is 4. The van der Waals surface area contributed by atoms with Gasteiger partial charge in [-0.3, -0.25) is 19.1 Å². The van der Waals surface area contributed by atoms with E-state index in [0.717, 1.165) is 34.9 Å². The molecule has 5 aliphatic rings. The summed E-state index contributed by atoms with van der Waals surface area (Å²) in [4.78, 5) is 60.3. The Morgan fingerprint density at radius 3 is 2.65 bits per heavy atom. The van der Waals surface area contributed by atoms with Crippen LogP contribution in [0.15, 0.2) is 30.4 Å². The highest BCUT2D eigenvalue weighted by Crippen LogP contribution is 2.48. The average Bonchev–Trinajstić information content (AvgIpc) is 3.97. The van der Waals surface area contributed by atoms with Gasteiger partial charge in [-0.1, -0.05) is 36.6 Å². The van der Waals surface area contributed by atoms with Gasteiger partial charge in [-0.2, -0.15) is 0 Å². The van der Waals surface area contributed by atoms with Gasteiger partial charge in [-0.25, -0.2) is 18.2 Å². The van der Waals surface area contributed by atoms with Crippen LogP contribution in [0.2, 0.25) is 0 Å². The molecule has 0 unspecified atom stereocenters. The largest absolute Gasteiger partial charge is 0.483 e. The Labute approximate surface area is 285 Å². The second-order valence-electron chi connectivity index (χ2n) is 14.5. The first-order valence-electron chi connectivity index (χ1n) is 17.2. The summed E-state index contributed by atoms with van der Waals surface area (Å²) >= 11 is 0. The predicted molar refractivity (Wildman–Crippen MR) is 179 cm³/mol. The smallest absolute Gasteiger partial charge is 0.405 e. The van der Waals surface area contributed by atoms with Gasteiger partial charge in [0.15, 0.2) is 0 Å². The molecule has 2 aliphatic carbocycles. The number of ether oxygens (including phenoxy) is 1. The topological polar surface area (TPSA) is 184 Å². The Morgan fingerprint density at radius 2 is 1.90 bits per heavy atom. The van der Waals surface area contributed by atoms with Crippen LogP contribution in [0.1, 0.15) is 81.0 Å². The summed E-state index contributed by atoms with van der Waals surface area (Å²) in [5.74, 6) is -1.72. The summed E-state index contributed by atoms with van der Waals surface area (Å²) in [6.07, 6.45) is 7.92. The van der Waals surface area contributed by atoms with Crippen molar-refractivity contribution in [2.75, 3.05) is 6.54 Å². The Morgan fingerprint density at radius 1 is 1.10 bits per heavy atom. The number of carboxylic acid groups (broad SMARTS) is 1. The van der Waals surface area contributed by atoms with Crippen LogP contribution in [0, 0.1) is 19.8 Å². The third-order valence-electron chi connectivity index (χ3n) is 10.8. The lowest BCUT2D eigenvalue weighted by atomic mass is 9.87. The number of sulfonamides is 1. The van der Waals surface area contributed by atoms with E-state index in [1.165, 1.54) is 4.90 Å². The lowest BCUT2D eigenvalue weighted by molar-refractivity contribution is -0.141. The number of aromatic nitrogens is 1. The molecule has 4 amide bonds. The maximum atomic E-state index is 14.4. The standard InChI is InChI=1S/C35H43N5O8S/c1-20-10-13-26-25(16-20)24-14-15-34(48-29(24)21(2)36-26)18-28-30(41)38-35(32(43)39-49(46,47)23-11-12-23)17-22(35)8-6-4-3-5-7-9-27(37-33(44)45)31(42)40(28)19-34/h6,8,10,13,16,22-23,27-28,37H,3-5,7,9,11-12,14-15,17-19H2,1-2H3,(H,38,41)(H,39,43)(H,44,45)/b8-6-/t22-,27+,28+,34-,35-/m1/s1. The minimum Gasteiger partial charge on any atom is -0.483 e. The monoisotopic (exact) mass is 693 g/mol. The van der Waals surface area contributed by atoms with E-state index in [4.69, 9.17) is 9.72 Å². The number of fused-ring (bicyclic) bond motifs is 5. The maximum Gasteiger partial charge on any atom is 0.405 e. The first kappa shape index (κ1) is 33.3.